The first-order chi connectivity index (χ1) is 9.86. The average molecular weight is 314 g/mol. The zero-order valence-electron chi connectivity index (χ0n) is 15.3. The molecule has 0 saturated carbocycles. The van der Waals surface area contributed by atoms with Gasteiger partial charge < -0.3 is 20.1 Å². The van der Waals surface area contributed by atoms with Gasteiger partial charge in [0.15, 0.2) is 0 Å². The Morgan fingerprint density at radius 3 is 2.32 bits per heavy atom. The van der Waals surface area contributed by atoms with Crippen LogP contribution in [0.4, 0.5) is 4.79 Å². The lowest BCUT2D eigenvalue weighted by Gasteiger charge is -2.33. The summed E-state index contributed by atoms with van der Waals surface area (Å²) in [4.78, 5) is 14.5. The number of amides is 2. The van der Waals surface area contributed by atoms with E-state index in [9.17, 15) is 4.79 Å². The SMILES string of the molecule is CC(C)(C)CN(CCCO)C(=O)NC1CC(C)(C)OC1(C)C. The number of carbonyl (C=O) groups is 1. The second kappa shape index (κ2) is 6.75. The summed E-state index contributed by atoms with van der Waals surface area (Å²) in [6.07, 6.45) is 1.40. The van der Waals surface area contributed by atoms with Crippen LogP contribution in [-0.4, -0.2) is 53.0 Å². The summed E-state index contributed by atoms with van der Waals surface area (Å²) < 4.78 is 6.04. The number of aliphatic hydroxyl groups excluding tert-OH is 1. The van der Waals surface area contributed by atoms with Crippen LogP contribution in [0, 0.1) is 5.41 Å². The van der Waals surface area contributed by atoms with Crippen molar-refractivity contribution in [2.45, 2.75) is 78.6 Å². The van der Waals surface area contributed by atoms with Gasteiger partial charge >= 0.3 is 6.03 Å². The summed E-state index contributed by atoms with van der Waals surface area (Å²) in [5, 5.41) is 12.2. The molecule has 130 valence electrons. The second-order valence-corrected chi connectivity index (χ2v) is 8.73. The summed E-state index contributed by atoms with van der Waals surface area (Å²) >= 11 is 0. The molecule has 1 saturated heterocycles. The van der Waals surface area contributed by atoms with E-state index in [0.717, 1.165) is 6.42 Å². The highest BCUT2D eigenvalue weighted by atomic mass is 16.5. The first-order valence-electron chi connectivity index (χ1n) is 8.23. The average Bonchev–Trinajstić information content (AvgIpc) is 2.50. The largest absolute Gasteiger partial charge is 0.396 e. The van der Waals surface area contributed by atoms with E-state index >= 15 is 0 Å². The smallest absolute Gasteiger partial charge is 0.317 e. The van der Waals surface area contributed by atoms with Crippen molar-refractivity contribution < 1.29 is 14.6 Å². The van der Waals surface area contributed by atoms with Crippen molar-refractivity contribution in [1.29, 1.82) is 0 Å². The molecular weight excluding hydrogens is 280 g/mol. The topological polar surface area (TPSA) is 61.8 Å². The second-order valence-electron chi connectivity index (χ2n) is 8.73. The zero-order chi connectivity index (χ0) is 17.2. The number of nitrogens with one attached hydrogen (secondary N) is 1. The van der Waals surface area contributed by atoms with E-state index in [1.807, 2.05) is 13.8 Å². The number of nitrogens with zero attached hydrogens (tertiary/aromatic N) is 1. The lowest BCUT2D eigenvalue weighted by atomic mass is 9.94. The summed E-state index contributed by atoms with van der Waals surface area (Å²) in [6.45, 7) is 15.8. The molecule has 0 radical (unpaired) electrons. The Bertz CT molecular complexity index is 386. The normalized spacial score (nSPS) is 23.4. The fraction of sp³-hybridized carbons (Fsp3) is 0.941. The van der Waals surface area contributed by atoms with Gasteiger partial charge in [0.2, 0.25) is 0 Å². The highest BCUT2D eigenvalue weighted by Gasteiger charge is 2.46. The van der Waals surface area contributed by atoms with Crippen molar-refractivity contribution >= 4 is 6.03 Å². The Morgan fingerprint density at radius 1 is 1.32 bits per heavy atom. The van der Waals surface area contributed by atoms with Crippen LogP contribution in [-0.2, 0) is 4.74 Å². The van der Waals surface area contributed by atoms with Crippen molar-refractivity contribution in [2.24, 2.45) is 5.41 Å². The molecule has 1 heterocycles. The Hall–Kier alpha value is -0.810. The molecular formula is C17H34N2O3. The first kappa shape index (κ1) is 19.2. The zero-order valence-corrected chi connectivity index (χ0v) is 15.3. The van der Waals surface area contributed by atoms with Crippen LogP contribution in [0.1, 0.15) is 61.3 Å². The summed E-state index contributed by atoms with van der Waals surface area (Å²) in [6, 6.07) is -0.0747. The molecule has 5 heteroatoms. The lowest BCUT2D eigenvalue weighted by Crippen LogP contribution is -2.52. The minimum atomic E-state index is -0.371. The third-order valence-corrected chi connectivity index (χ3v) is 3.91. The fourth-order valence-electron chi connectivity index (χ4n) is 3.11. The number of aliphatic hydroxyl groups is 1. The van der Waals surface area contributed by atoms with Gasteiger partial charge in [0.25, 0.3) is 0 Å². The van der Waals surface area contributed by atoms with Crippen LogP contribution >= 0.6 is 0 Å². The molecule has 0 aromatic carbocycles. The molecule has 1 atom stereocenters. The molecule has 2 amide bonds. The van der Waals surface area contributed by atoms with Gasteiger partial charge in [-0.1, -0.05) is 20.8 Å². The number of hydrogen-bond donors (Lipinski definition) is 2. The standard InChI is InChI=1S/C17H34N2O3/c1-15(2,3)12-19(9-8-10-20)14(21)18-13-11-16(4,5)22-17(13,6)7/h13,20H,8-12H2,1-7H3,(H,18,21). The number of carbonyl (C=O) groups excluding carboxylic acids is 1. The van der Waals surface area contributed by atoms with Gasteiger partial charge in [-0.05, 0) is 46.0 Å². The van der Waals surface area contributed by atoms with Crippen LogP contribution in [0.25, 0.3) is 0 Å². The lowest BCUT2D eigenvalue weighted by molar-refractivity contribution is -0.0693. The molecule has 0 aromatic rings. The van der Waals surface area contributed by atoms with Crippen molar-refractivity contribution in [3.63, 3.8) is 0 Å². The number of ether oxygens (including phenoxy) is 1. The van der Waals surface area contributed by atoms with Gasteiger partial charge in [0, 0.05) is 19.7 Å². The molecule has 0 aliphatic carbocycles. The van der Waals surface area contributed by atoms with Gasteiger partial charge in [-0.25, -0.2) is 4.79 Å². The number of rotatable bonds is 5. The van der Waals surface area contributed by atoms with E-state index in [4.69, 9.17) is 9.84 Å². The predicted octanol–water partition coefficient (Wildman–Crippen LogP) is 2.77. The van der Waals surface area contributed by atoms with Crippen molar-refractivity contribution in [1.82, 2.24) is 10.2 Å². The summed E-state index contributed by atoms with van der Waals surface area (Å²) in [7, 11) is 0. The van der Waals surface area contributed by atoms with Crippen molar-refractivity contribution in [3.05, 3.63) is 0 Å². The molecule has 1 aliphatic heterocycles. The molecule has 1 unspecified atom stereocenters. The molecule has 0 aromatic heterocycles. The van der Waals surface area contributed by atoms with Crippen LogP contribution in [0.15, 0.2) is 0 Å². The van der Waals surface area contributed by atoms with Gasteiger partial charge in [-0.3, -0.25) is 0 Å². The maximum atomic E-state index is 12.7. The van der Waals surface area contributed by atoms with E-state index in [0.29, 0.717) is 19.5 Å². The molecule has 2 N–H and O–H groups in total. The quantitative estimate of drug-likeness (QED) is 0.820. The molecule has 1 fully saturated rings. The van der Waals surface area contributed by atoms with E-state index in [1.54, 1.807) is 4.90 Å². The van der Waals surface area contributed by atoms with Crippen LogP contribution in [0.5, 0.6) is 0 Å². The Labute approximate surface area is 135 Å². The maximum absolute atomic E-state index is 12.7. The summed E-state index contributed by atoms with van der Waals surface area (Å²) in [5.74, 6) is 0. The third kappa shape index (κ3) is 5.76. The van der Waals surface area contributed by atoms with Gasteiger partial charge in [-0.15, -0.1) is 0 Å². The van der Waals surface area contributed by atoms with E-state index < -0.39 is 0 Å². The molecule has 0 bridgehead atoms. The van der Waals surface area contributed by atoms with Gasteiger partial charge in [-0.2, -0.15) is 0 Å². The molecule has 22 heavy (non-hydrogen) atoms. The predicted molar refractivity (Wildman–Crippen MR) is 88.9 cm³/mol. The van der Waals surface area contributed by atoms with Gasteiger partial charge in [0.1, 0.15) is 0 Å². The molecule has 1 rings (SSSR count). The molecule has 1 aliphatic rings. The van der Waals surface area contributed by atoms with Gasteiger partial charge in [0.05, 0.1) is 17.2 Å². The fourth-order valence-corrected chi connectivity index (χ4v) is 3.11. The monoisotopic (exact) mass is 314 g/mol. The maximum Gasteiger partial charge on any atom is 0.317 e. The van der Waals surface area contributed by atoms with Crippen molar-refractivity contribution in [3.8, 4) is 0 Å². The van der Waals surface area contributed by atoms with Crippen LogP contribution < -0.4 is 5.32 Å². The highest BCUT2D eigenvalue weighted by Crippen LogP contribution is 2.37. The molecule has 5 nitrogen and oxygen atoms in total. The minimum absolute atomic E-state index is 0.00778. The van der Waals surface area contributed by atoms with E-state index in [-0.39, 0.29) is 35.3 Å². The van der Waals surface area contributed by atoms with E-state index in [1.165, 1.54) is 0 Å². The van der Waals surface area contributed by atoms with E-state index in [2.05, 4.69) is 39.9 Å². The summed E-state index contributed by atoms with van der Waals surface area (Å²) in [5.41, 5.74) is -0.571. The van der Waals surface area contributed by atoms with Crippen LogP contribution in [0.3, 0.4) is 0 Å². The Kier molecular flexibility index (Phi) is 5.90. The van der Waals surface area contributed by atoms with Crippen molar-refractivity contribution in [2.75, 3.05) is 19.7 Å². The number of hydrogen-bond acceptors (Lipinski definition) is 3. The Balaban J connectivity index is 2.74. The highest BCUT2D eigenvalue weighted by molar-refractivity contribution is 5.74. The Morgan fingerprint density at radius 2 is 1.91 bits per heavy atom. The molecule has 0 spiro atoms. The van der Waals surface area contributed by atoms with Crippen LogP contribution in [0.2, 0.25) is 0 Å². The minimum Gasteiger partial charge on any atom is -0.396 e. The number of urea groups is 1. The third-order valence-electron chi connectivity index (χ3n) is 3.91. The first-order valence-corrected chi connectivity index (χ1v) is 8.23.